The van der Waals surface area contributed by atoms with E-state index in [4.69, 9.17) is 0 Å². The number of carbonyl (C=O) groups excluding carboxylic acids is 1. The highest BCUT2D eigenvalue weighted by atomic mass is 19.4. The molecule has 132 valence electrons. The Morgan fingerprint density at radius 3 is 1.36 bits per heavy atom. The van der Waals surface area contributed by atoms with Crippen molar-refractivity contribution in [2.24, 2.45) is 0 Å². The number of hydrogen-bond donors (Lipinski definition) is 0. The average molecular weight is 361 g/mol. The van der Waals surface area contributed by atoms with E-state index in [1.54, 1.807) is 4.74 Å². The molecule has 0 aliphatic carbocycles. The van der Waals surface area contributed by atoms with Crippen LogP contribution < -0.4 is 5.11 Å². The van der Waals surface area contributed by atoms with Gasteiger partial charge in [0.25, 0.3) is 0 Å². The standard InChI is InChI=1S/C6HF11O5/c7-2(8,1(18)19)20-6(16,17)22-4(11,12)3(9,10)21-5(13,14)15/h(H,18,19)/p-1. The summed E-state index contributed by atoms with van der Waals surface area (Å²) in [6.07, 6.45) is -32.6. The molecule has 0 fully saturated rings. The van der Waals surface area contributed by atoms with Gasteiger partial charge in [0.15, 0.2) is 0 Å². The third-order valence-corrected chi connectivity index (χ3v) is 1.31. The molecule has 0 saturated heterocycles. The second kappa shape index (κ2) is 5.65. The zero-order valence-corrected chi connectivity index (χ0v) is 9.20. The molecule has 16 heteroatoms. The Morgan fingerprint density at radius 1 is 0.682 bits per heavy atom. The van der Waals surface area contributed by atoms with Crippen LogP contribution in [-0.2, 0) is 19.0 Å². The van der Waals surface area contributed by atoms with Gasteiger partial charge in [0, 0.05) is 0 Å². The van der Waals surface area contributed by atoms with E-state index in [0.29, 0.717) is 0 Å². The first-order valence-corrected chi connectivity index (χ1v) is 4.21. The number of alkyl halides is 11. The van der Waals surface area contributed by atoms with Crippen molar-refractivity contribution in [1.29, 1.82) is 0 Å². The Morgan fingerprint density at radius 2 is 1.05 bits per heavy atom. The second-order valence-corrected chi connectivity index (χ2v) is 3.05. The maximum absolute atomic E-state index is 12.4. The lowest BCUT2D eigenvalue weighted by molar-refractivity contribution is -0.571. The van der Waals surface area contributed by atoms with Gasteiger partial charge in [-0.2, -0.15) is 26.3 Å². The monoisotopic (exact) mass is 361 g/mol. The summed E-state index contributed by atoms with van der Waals surface area (Å²) >= 11 is 0. The van der Waals surface area contributed by atoms with Crippen LogP contribution in [0.1, 0.15) is 0 Å². The van der Waals surface area contributed by atoms with Crippen molar-refractivity contribution < 1.29 is 72.4 Å². The molecule has 0 bridgehead atoms. The van der Waals surface area contributed by atoms with Crippen molar-refractivity contribution in [2.75, 3.05) is 0 Å². The Labute approximate surface area is 111 Å². The van der Waals surface area contributed by atoms with Gasteiger partial charge in [-0.25, -0.2) is 14.2 Å². The van der Waals surface area contributed by atoms with E-state index < -0.39 is 37.0 Å². The topological polar surface area (TPSA) is 67.8 Å². The Hall–Kier alpha value is -1.42. The quantitative estimate of drug-likeness (QED) is 0.510. The Balaban J connectivity index is 5.21. The summed E-state index contributed by atoms with van der Waals surface area (Å²) in [4.78, 5) is 9.56. The molecule has 0 spiro atoms. The van der Waals surface area contributed by atoms with E-state index in [1.165, 1.54) is 4.74 Å². The second-order valence-electron chi connectivity index (χ2n) is 3.05. The fourth-order valence-electron chi connectivity index (χ4n) is 0.625. The molecule has 22 heavy (non-hydrogen) atoms. The van der Waals surface area contributed by atoms with Gasteiger partial charge in [-0.15, -0.1) is 22.0 Å². The largest absolute Gasteiger partial charge is 0.542 e. The lowest BCUT2D eigenvalue weighted by Gasteiger charge is -2.30. The van der Waals surface area contributed by atoms with Crippen LogP contribution in [0.4, 0.5) is 48.3 Å². The lowest BCUT2D eigenvalue weighted by Crippen LogP contribution is -2.54. The van der Waals surface area contributed by atoms with Crippen LogP contribution in [0.3, 0.4) is 0 Å². The molecule has 0 N–H and O–H groups in total. The van der Waals surface area contributed by atoms with Crippen molar-refractivity contribution in [3.8, 4) is 0 Å². The minimum atomic E-state index is -6.85. The highest BCUT2D eigenvalue weighted by Gasteiger charge is 2.69. The van der Waals surface area contributed by atoms with Crippen LogP contribution in [-0.4, -0.2) is 37.0 Å². The number of carbonyl (C=O) groups is 1. The van der Waals surface area contributed by atoms with Crippen LogP contribution in [0.15, 0.2) is 0 Å². The molecule has 0 saturated carbocycles. The van der Waals surface area contributed by atoms with Crippen molar-refractivity contribution in [3.63, 3.8) is 0 Å². The number of hydrogen-bond acceptors (Lipinski definition) is 5. The van der Waals surface area contributed by atoms with E-state index >= 15 is 0 Å². The third-order valence-electron chi connectivity index (χ3n) is 1.31. The van der Waals surface area contributed by atoms with Crippen LogP contribution in [0.2, 0.25) is 0 Å². The summed E-state index contributed by atoms with van der Waals surface area (Å²) in [6, 6.07) is 0. The lowest BCUT2D eigenvalue weighted by atomic mass is 10.5. The fourth-order valence-corrected chi connectivity index (χ4v) is 0.625. The molecule has 0 aliphatic heterocycles. The number of aliphatic carboxylic acids is 1. The first-order chi connectivity index (χ1) is 9.31. The fraction of sp³-hybridized carbons (Fsp3) is 0.833. The van der Waals surface area contributed by atoms with E-state index in [0.717, 1.165) is 0 Å². The molecule has 0 radical (unpaired) electrons. The minimum absolute atomic E-state index is 1.50. The Kier molecular flexibility index (Phi) is 5.29. The summed E-state index contributed by atoms with van der Waals surface area (Å²) in [5.74, 6) is -3.71. The van der Waals surface area contributed by atoms with E-state index in [1.807, 2.05) is 4.74 Å². The maximum atomic E-state index is 12.4. The molecule has 0 heterocycles. The molecule has 0 aromatic carbocycles. The van der Waals surface area contributed by atoms with Crippen LogP contribution in [0, 0.1) is 0 Å². The molecule has 0 rings (SSSR count). The maximum Gasteiger partial charge on any atom is 0.527 e. The van der Waals surface area contributed by atoms with Gasteiger partial charge in [-0.1, -0.05) is 0 Å². The smallest absolute Gasteiger partial charge is 0.527 e. The van der Waals surface area contributed by atoms with Gasteiger partial charge in [0.05, 0.1) is 0 Å². The van der Waals surface area contributed by atoms with Gasteiger partial charge >= 0.3 is 31.0 Å². The molecule has 5 nitrogen and oxygen atoms in total. The number of ether oxygens (including phenoxy) is 3. The van der Waals surface area contributed by atoms with Crippen molar-refractivity contribution in [1.82, 2.24) is 0 Å². The normalized spacial score (nSPS) is 15.0. The van der Waals surface area contributed by atoms with Crippen LogP contribution >= 0.6 is 0 Å². The zero-order chi connectivity index (χ0) is 18.2. The molecular weight excluding hydrogens is 361 g/mol. The van der Waals surface area contributed by atoms with Gasteiger partial charge in [0.1, 0.15) is 5.97 Å². The summed E-state index contributed by atoms with van der Waals surface area (Å²) < 4.78 is 138. The molecule has 0 unspecified atom stereocenters. The Bertz CT molecular complexity index is 416. The molecule has 0 amide bonds. The van der Waals surface area contributed by atoms with Gasteiger partial charge in [-0.05, 0) is 0 Å². The van der Waals surface area contributed by atoms with Crippen molar-refractivity contribution >= 4 is 5.97 Å². The van der Waals surface area contributed by atoms with Crippen LogP contribution in [0.5, 0.6) is 0 Å². The minimum Gasteiger partial charge on any atom is -0.542 e. The van der Waals surface area contributed by atoms with E-state index in [2.05, 4.69) is 0 Å². The van der Waals surface area contributed by atoms with E-state index in [9.17, 15) is 58.2 Å². The van der Waals surface area contributed by atoms with E-state index in [-0.39, 0.29) is 0 Å². The predicted molar refractivity (Wildman–Crippen MR) is 34.1 cm³/mol. The van der Waals surface area contributed by atoms with Crippen molar-refractivity contribution in [3.05, 3.63) is 0 Å². The van der Waals surface area contributed by atoms with Crippen molar-refractivity contribution in [2.45, 2.75) is 31.0 Å². The SMILES string of the molecule is O=C([O-])C(F)(F)OC(F)(F)OC(F)(F)C(F)(F)OC(F)(F)F. The zero-order valence-electron chi connectivity index (χ0n) is 9.20. The number of halogens is 11. The molecular formula is C6F11O5-. The van der Waals surface area contributed by atoms with Crippen LogP contribution in [0.25, 0.3) is 0 Å². The highest BCUT2D eigenvalue weighted by Crippen LogP contribution is 2.44. The predicted octanol–water partition coefficient (Wildman–Crippen LogP) is 1.63. The molecule has 0 aromatic rings. The third kappa shape index (κ3) is 5.76. The highest BCUT2D eigenvalue weighted by molar-refractivity contribution is 5.71. The molecule has 0 atom stereocenters. The first-order valence-electron chi connectivity index (χ1n) is 4.21. The first kappa shape index (κ1) is 20.6. The summed E-state index contributed by atoms with van der Waals surface area (Å²) in [6.45, 7) is 0. The molecule has 0 aromatic heterocycles. The van der Waals surface area contributed by atoms with Gasteiger partial charge in [0.2, 0.25) is 0 Å². The number of carboxylic acids is 1. The van der Waals surface area contributed by atoms with Gasteiger partial charge < -0.3 is 9.90 Å². The summed E-state index contributed by atoms with van der Waals surface area (Å²) in [7, 11) is 0. The average Bonchev–Trinajstić information content (AvgIpc) is 2.07. The number of carboxylic acid groups (broad SMARTS) is 1. The number of rotatable bonds is 7. The summed E-state index contributed by atoms with van der Waals surface area (Å²) in [5.41, 5.74) is 0. The summed E-state index contributed by atoms with van der Waals surface area (Å²) in [5, 5.41) is 9.56. The van der Waals surface area contributed by atoms with Gasteiger partial charge in [-0.3, -0.25) is 0 Å². The molecule has 0 aliphatic rings.